The van der Waals surface area contributed by atoms with Crippen molar-refractivity contribution in [3.63, 3.8) is 0 Å². The van der Waals surface area contributed by atoms with Gasteiger partial charge in [0.2, 0.25) is 0 Å². The van der Waals surface area contributed by atoms with Crippen molar-refractivity contribution in [1.29, 1.82) is 0 Å². The van der Waals surface area contributed by atoms with Crippen molar-refractivity contribution >= 4 is 5.96 Å². The second-order valence-electron chi connectivity index (χ2n) is 4.00. The molecule has 1 aliphatic rings. The van der Waals surface area contributed by atoms with Gasteiger partial charge < -0.3 is 10.6 Å². The minimum atomic E-state index is -0.198. The zero-order valence-electron chi connectivity index (χ0n) is 9.57. The minimum absolute atomic E-state index is 0.158. The summed E-state index contributed by atoms with van der Waals surface area (Å²) in [5.74, 6) is 0.382. The van der Waals surface area contributed by atoms with E-state index in [1.54, 1.807) is 6.07 Å². The van der Waals surface area contributed by atoms with Crippen LogP contribution in [0, 0.1) is 12.7 Å². The second-order valence-corrected chi connectivity index (χ2v) is 4.00. The van der Waals surface area contributed by atoms with Gasteiger partial charge in [0.25, 0.3) is 0 Å². The molecule has 0 bridgehead atoms. The van der Waals surface area contributed by atoms with Gasteiger partial charge in [0.05, 0.1) is 12.6 Å². The molecule has 1 aliphatic heterocycles. The van der Waals surface area contributed by atoms with Crippen molar-refractivity contribution in [2.24, 2.45) is 10.7 Å². The standard InChI is InChI=1S/C12H16FN3/c1-3-16-11(7-15-12(16)14)10-5-4-9(13)6-8(10)2/h4-6,11H,3,7H2,1-2H3,(H2,14,15). The Balaban J connectivity index is 2.32. The van der Waals surface area contributed by atoms with Gasteiger partial charge in [-0.25, -0.2) is 4.39 Å². The highest BCUT2D eigenvalue weighted by Gasteiger charge is 2.26. The van der Waals surface area contributed by atoms with Gasteiger partial charge in [-0.1, -0.05) is 6.07 Å². The van der Waals surface area contributed by atoms with Crippen molar-refractivity contribution in [2.45, 2.75) is 19.9 Å². The van der Waals surface area contributed by atoms with Gasteiger partial charge in [-0.3, -0.25) is 4.99 Å². The largest absolute Gasteiger partial charge is 0.370 e. The fraction of sp³-hybridized carbons (Fsp3) is 0.417. The smallest absolute Gasteiger partial charge is 0.191 e. The topological polar surface area (TPSA) is 41.6 Å². The lowest BCUT2D eigenvalue weighted by Crippen LogP contribution is -2.36. The van der Waals surface area contributed by atoms with Crippen LogP contribution in [-0.2, 0) is 0 Å². The predicted octanol–water partition coefficient (Wildman–Crippen LogP) is 1.83. The number of aryl methyl sites for hydroxylation is 1. The molecule has 3 nitrogen and oxygen atoms in total. The van der Waals surface area contributed by atoms with Crippen LogP contribution in [0.25, 0.3) is 0 Å². The molecule has 86 valence electrons. The van der Waals surface area contributed by atoms with E-state index in [0.717, 1.165) is 17.7 Å². The summed E-state index contributed by atoms with van der Waals surface area (Å²) in [6, 6.07) is 5.03. The predicted molar refractivity (Wildman–Crippen MR) is 62.7 cm³/mol. The lowest BCUT2D eigenvalue weighted by Gasteiger charge is -2.26. The highest BCUT2D eigenvalue weighted by atomic mass is 19.1. The summed E-state index contributed by atoms with van der Waals surface area (Å²) in [6.45, 7) is 5.43. The molecule has 0 saturated carbocycles. The van der Waals surface area contributed by atoms with Gasteiger partial charge in [0.1, 0.15) is 5.82 Å². The number of halogens is 1. The van der Waals surface area contributed by atoms with Crippen molar-refractivity contribution in [3.05, 3.63) is 35.1 Å². The number of nitrogens with zero attached hydrogens (tertiary/aromatic N) is 2. The van der Waals surface area contributed by atoms with E-state index in [9.17, 15) is 4.39 Å². The van der Waals surface area contributed by atoms with E-state index in [1.165, 1.54) is 6.07 Å². The van der Waals surface area contributed by atoms with E-state index in [4.69, 9.17) is 5.73 Å². The first-order chi connectivity index (χ1) is 7.63. The zero-order valence-corrected chi connectivity index (χ0v) is 9.57. The minimum Gasteiger partial charge on any atom is -0.370 e. The fourth-order valence-corrected chi connectivity index (χ4v) is 2.19. The van der Waals surface area contributed by atoms with Gasteiger partial charge in [-0.2, -0.15) is 0 Å². The Bertz CT molecular complexity index is 428. The van der Waals surface area contributed by atoms with Gasteiger partial charge in [0, 0.05) is 6.54 Å². The summed E-state index contributed by atoms with van der Waals surface area (Å²) in [5.41, 5.74) is 7.86. The summed E-state index contributed by atoms with van der Waals surface area (Å²) in [7, 11) is 0. The van der Waals surface area contributed by atoms with E-state index < -0.39 is 0 Å². The third kappa shape index (κ3) is 1.75. The number of nitrogens with two attached hydrogens (primary N) is 1. The Morgan fingerprint density at radius 2 is 2.31 bits per heavy atom. The number of rotatable bonds is 2. The van der Waals surface area contributed by atoms with Gasteiger partial charge in [0.15, 0.2) is 5.96 Å². The van der Waals surface area contributed by atoms with Crippen LogP contribution in [0.4, 0.5) is 4.39 Å². The number of benzene rings is 1. The number of hydrogen-bond donors (Lipinski definition) is 1. The molecule has 0 radical (unpaired) electrons. The summed E-state index contributed by atoms with van der Waals surface area (Å²) < 4.78 is 13.0. The maximum atomic E-state index is 13.0. The second kappa shape index (κ2) is 4.12. The normalized spacial score (nSPS) is 20.1. The molecule has 4 heteroatoms. The third-order valence-corrected chi connectivity index (χ3v) is 3.03. The van der Waals surface area contributed by atoms with Gasteiger partial charge in [-0.05, 0) is 37.1 Å². The van der Waals surface area contributed by atoms with Crippen LogP contribution in [0.15, 0.2) is 23.2 Å². The molecular formula is C12H16FN3. The quantitative estimate of drug-likeness (QED) is 0.827. The first kappa shape index (κ1) is 10.9. The molecule has 1 aromatic carbocycles. The molecule has 1 unspecified atom stereocenters. The van der Waals surface area contributed by atoms with Crippen LogP contribution in [-0.4, -0.2) is 23.9 Å². The van der Waals surface area contributed by atoms with Crippen LogP contribution in [0.5, 0.6) is 0 Å². The van der Waals surface area contributed by atoms with E-state index in [-0.39, 0.29) is 11.9 Å². The molecule has 2 N–H and O–H groups in total. The Hall–Kier alpha value is -1.58. The molecule has 1 atom stereocenters. The van der Waals surface area contributed by atoms with Crippen LogP contribution >= 0.6 is 0 Å². The van der Waals surface area contributed by atoms with Crippen molar-refractivity contribution in [2.75, 3.05) is 13.1 Å². The number of aliphatic imine (C=N–C) groups is 1. The molecule has 16 heavy (non-hydrogen) atoms. The van der Waals surface area contributed by atoms with Crippen LogP contribution in [0.3, 0.4) is 0 Å². The Labute approximate surface area is 94.8 Å². The van der Waals surface area contributed by atoms with E-state index >= 15 is 0 Å². The van der Waals surface area contributed by atoms with E-state index in [2.05, 4.69) is 4.99 Å². The average molecular weight is 221 g/mol. The van der Waals surface area contributed by atoms with Crippen molar-refractivity contribution in [1.82, 2.24) is 4.90 Å². The van der Waals surface area contributed by atoms with Crippen molar-refractivity contribution in [3.8, 4) is 0 Å². The highest BCUT2D eigenvalue weighted by Crippen LogP contribution is 2.27. The summed E-state index contributed by atoms with van der Waals surface area (Å²) in [6.07, 6.45) is 0. The summed E-state index contributed by atoms with van der Waals surface area (Å²) in [4.78, 5) is 6.28. The molecule has 0 amide bonds. The molecule has 2 rings (SSSR count). The Morgan fingerprint density at radius 1 is 1.56 bits per heavy atom. The van der Waals surface area contributed by atoms with Crippen molar-refractivity contribution < 1.29 is 4.39 Å². The first-order valence-corrected chi connectivity index (χ1v) is 5.46. The molecule has 0 saturated heterocycles. The summed E-state index contributed by atoms with van der Waals surface area (Å²) >= 11 is 0. The summed E-state index contributed by atoms with van der Waals surface area (Å²) in [5, 5.41) is 0. The molecule has 0 aromatic heterocycles. The monoisotopic (exact) mass is 221 g/mol. The van der Waals surface area contributed by atoms with Crippen LogP contribution < -0.4 is 5.73 Å². The molecule has 0 aliphatic carbocycles. The molecule has 0 spiro atoms. The SMILES string of the molecule is CCN1C(N)=NCC1c1ccc(F)cc1C. The third-order valence-electron chi connectivity index (χ3n) is 3.03. The molecular weight excluding hydrogens is 205 g/mol. The van der Waals surface area contributed by atoms with Gasteiger partial charge >= 0.3 is 0 Å². The maximum Gasteiger partial charge on any atom is 0.191 e. The van der Waals surface area contributed by atoms with Crippen LogP contribution in [0.1, 0.15) is 24.1 Å². The number of guanidine groups is 1. The van der Waals surface area contributed by atoms with E-state index in [1.807, 2.05) is 24.8 Å². The van der Waals surface area contributed by atoms with E-state index in [0.29, 0.717) is 12.5 Å². The number of likely N-dealkylation sites (N-methyl/N-ethyl adjacent to an activating group) is 1. The zero-order chi connectivity index (χ0) is 11.7. The lowest BCUT2D eigenvalue weighted by atomic mass is 10.0. The first-order valence-electron chi connectivity index (χ1n) is 5.46. The molecule has 0 fully saturated rings. The lowest BCUT2D eigenvalue weighted by molar-refractivity contribution is 0.363. The Morgan fingerprint density at radius 3 is 2.94 bits per heavy atom. The number of hydrogen-bond acceptors (Lipinski definition) is 3. The molecule has 1 aromatic rings. The maximum absolute atomic E-state index is 13.0. The fourth-order valence-electron chi connectivity index (χ4n) is 2.19. The molecule has 1 heterocycles. The van der Waals surface area contributed by atoms with Crippen LogP contribution in [0.2, 0.25) is 0 Å². The Kier molecular flexibility index (Phi) is 2.81. The van der Waals surface area contributed by atoms with Gasteiger partial charge in [-0.15, -0.1) is 0 Å². The highest BCUT2D eigenvalue weighted by molar-refractivity contribution is 5.80. The average Bonchev–Trinajstić information content (AvgIpc) is 2.59.